The molecule has 2 rings (SSSR count). The van der Waals surface area contributed by atoms with E-state index < -0.39 is 61.3 Å². The van der Waals surface area contributed by atoms with Crippen LogP contribution < -0.4 is 5.32 Å². The Bertz CT molecular complexity index is 489. The maximum absolute atomic E-state index is 11.9. The summed E-state index contributed by atoms with van der Waals surface area (Å²) in [6.07, 6.45) is -2.18. The summed E-state index contributed by atoms with van der Waals surface area (Å²) >= 11 is 0. The second-order valence-corrected chi connectivity index (χ2v) is 5.23. The maximum atomic E-state index is 11.9. The van der Waals surface area contributed by atoms with E-state index in [9.17, 15) is 24.6 Å². The number of hydrogen-bond acceptors (Lipinski definition) is 7. The standard InChI is InChI=1S/C13H18N2O7/c1-6-11(13(21)12(20)7(5-16)22-6)14-8(17)4-15-9(18)2-3-10(15)19/h2-3,6-7,11-13,16,20-21H,4-5H2,1H3,(H,14,17). The summed E-state index contributed by atoms with van der Waals surface area (Å²) in [4.78, 5) is 35.4. The van der Waals surface area contributed by atoms with E-state index >= 15 is 0 Å². The Labute approximate surface area is 126 Å². The first-order chi connectivity index (χ1) is 10.3. The van der Waals surface area contributed by atoms with E-state index in [1.165, 1.54) is 0 Å². The van der Waals surface area contributed by atoms with Crippen LogP contribution in [0.1, 0.15) is 6.92 Å². The summed E-state index contributed by atoms with van der Waals surface area (Å²) in [7, 11) is 0. The van der Waals surface area contributed by atoms with Crippen molar-refractivity contribution in [2.24, 2.45) is 0 Å². The minimum Gasteiger partial charge on any atom is -0.394 e. The molecule has 2 heterocycles. The number of nitrogens with one attached hydrogen (secondary N) is 1. The monoisotopic (exact) mass is 314 g/mol. The number of carbonyl (C=O) groups excluding carboxylic acids is 3. The van der Waals surface area contributed by atoms with Crippen molar-refractivity contribution in [3.05, 3.63) is 12.2 Å². The van der Waals surface area contributed by atoms with Gasteiger partial charge < -0.3 is 25.4 Å². The third-order valence-electron chi connectivity index (χ3n) is 3.70. The molecule has 9 nitrogen and oxygen atoms in total. The van der Waals surface area contributed by atoms with Crippen LogP contribution in [0.15, 0.2) is 12.2 Å². The van der Waals surface area contributed by atoms with Gasteiger partial charge in [0, 0.05) is 12.2 Å². The molecule has 0 radical (unpaired) electrons. The molecule has 9 heteroatoms. The van der Waals surface area contributed by atoms with Crippen molar-refractivity contribution < 1.29 is 34.4 Å². The topological polar surface area (TPSA) is 136 Å². The minimum absolute atomic E-state index is 0.467. The Balaban J connectivity index is 1.96. The fourth-order valence-electron chi connectivity index (χ4n) is 2.47. The van der Waals surface area contributed by atoms with Crippen molar-refractivity contribution in [1.82, 2.24) is 10.2 Å². The summed E-state index contributed by atoms with van der Waals surface area (Å²) in [5, 5.41) is 31.3. The third kappa shape index (κ3) is 3.17. The number of imide groups is 1. The van der Waals surface area contributed by atoms with Gasteiger partial charge in [0.25, 0.3) is 11.8 Å². The van der Waals surface area contributed by atoms with Crippen LogP contribution in [0.3, 0.4) is 0 Å². The van der Waals surface area contributed by atoms with Crippen molar-refractivity contribution in [2.75, 3.05) is 13.2 Å². The van der Waals surface area contributed by atoms with Gasteiger partial charge in [-0.25, -0.2) is 0 Å². The van der Waals surface area contributed by atoms with Gasteiger partial charge >= 0.3 is 0 Å². The normalized spacial score (nSPS) is 35.1. The predicted octanol–water partition coefficient (Wildman–Crippen LogP) is -3.10. The lowest BCUT2D eigenvalue weighted by atomic mass is 9.93. The fourth-order valence-corrected chi connectivity index (χ4v) is 2.47. The van der Waals surface area contributed by atoms with Gasteiger partial charge in [0.05, 0.1) is 18.8 Å². The SMILES string of the molecule is CC1OC(CO)C(O)C(O)C1NC(=O)CN1C(=O)C=CC1=O. The van der Waals surface area contributed by atoms with Gasteiger partial charge in [0.15, 0.2) is 0 Å². The number of rotatable bonds is 4. The first-order valence-corrected chi connectivity index (χ1v) is 6.80. The zero-order valence-corrected chi connectivity index (χ0v) is 11.9. The molecule has 122 valence electrons. The van der Waals surface area contributed by atoms with E-state index in [1.54, 1.807) is 6.92 Å². The average molecular weight is 314 g/mol. The Hall–Kier alpha value is -1.81. The van der Waals surface area contributed by atoms with E-state index in [0.717, 1.165) is 17.1 Å². The molecule has 1 fully saturated rings. The van der Waals surface area contributed by atoms with Gasteiger partial charge in [-0.2, -0.15) is 0 Å². The number of amides is 3. The quantitative estimate of drug-likeness (QED) is 0.403. The van der Waals surface area contributed by atoms with Crippen LogP contribution in [-0.2, 0) is 19.1 Å². The zero-order valence-electron chi connectivity index (χ0n) is 11.9. The van der Waals surface area contributed by atoms with Gasteiger partial charge in [0.1, 0.15) is 24.9 Å². The smallest absolute Gasteiger partial charge is 0.254 e. The molecule has 1 saturated heterocycles. The zero-order chi connectivity index (χ0) is 16.4. The summed E-state index contributed by atoms with van der Waals surface area (Å²) in [5.41, 5.74) is 0. The van der Waals surface area contributed by atoms with Crippen LogP contribution in [-0.4, -0.2) is 81.6 Å². The van der Waals surface area contributed by atoms with Crippen molar-refractivity contribution >= 4 is 17.7 Å². The molecule has 0 aliphatic carbocycles. The van der Waals surface area contributed by atoms with Crippen LogP contribution >= 0.6 is 0 Å². The molecule has 0 aromatic heterocycles. The Morgan fingerprint density at radius 2 is 1.86 bits per heavy atom. The van der Waals surface area contributed by atoms with Gasteiger partial charge in [-0.3, -0.25) is 19.3 Å². The minimum atomic E-state index is -1.36. The lowest BCUT2D eigenvalue weighted by molar-refractivity contribution is -0.190. The summed E-state index contributed by atoms with van der Waals surface area (Å²) < 4.78 is 5.31. The Morgan fingerprint density at radius 3 is 2.41 bits per heavy atom. The first kappa shape index (κ1) is 16.6. The second kappa shape index (κ2) is 6.53. The lowest BCUT2D eigenvalue weighted by Gasteiger charge is -2.41. The fraction of sp³-hybridized carbons (Fsp3) is 0.615. The number of aliphatic hydroxyl groups is 3. The largest absolute Gasteiger partial charge is 0.394 e. The van der Waals surface area contributed by atoms with E-state index in [0.29, 0.717) is 0 Å². The average Bonchev–Trinajstić information content (AvgIpc) is 2.79. The molecule has 0 aromatic carbocycles. The number of hydrogen-bond donors (Lipinski definition) is 4. The molecule has 3 amide bonds. The van der Waals surface area contributed by atoms with Gasteiger partial charge in [-0.1, -0.05) is 0 Å². The first-order valence-electron chi connectivity index (χ1n) is 6.80. The Morgan fingerprint density at radius 1 is 1.27 bits per heavy atom. The molecule has 2 aliphatic rings. The highest BCUT2D eigenvalue weighted by Gasteiger charge is 2.43. The molecule has 22 heavy (non-hydrogen) atoms. The highest BCUT2D eigenvalue weighted by Crippen LogP contribution is 2.20. The van der Waals surface area contributed by atoms with Crippen molar-refractivity contribution in [2.45, 2.75) is 37.4 Å². The van der Waals surface area contributed by atoms with Crippen LogP contribution in [0.4, 0.5) is 0 Å². The molecular weight excluding hydrogens is 296 g/mol. The number of ether oxygens (including phenoxy) is 1. The lowest BCUT2D eigenvalue weighted by Crippen LogP contribution is -2.64. The highest BCUT2D eigenvalue weighted by molar-refractivity contribution is 6.14. The van der Waals surface area contributed by atoms with Crippen molar-refractivity contribution in [3.8, 4) is 0 Å². The summed E-state index contributed by atoms with van der Waals surface area (Å²) in [6, 6.07) is -0.925. The molecule has 5 atom stereocenters. The van der Waals surface area contributed by atoms with Gasteiger partial charge in [-0.05, 0) is 6.92 Å². The highest BCUT2D eigenvalue weighted by atomic mass is 16.5. The number of aliphatic hydroxyl groups excluding tert-OH is 3. The van der Waals surface area contributed by atoms with E-state index in [4.69, 9.17) is 9.84 Å². The predicted molar refractivity (Wildman–Crippen MR) is 71.2 cm³/mol. The third-order valence-corrected chi connectivity index (χ3v) is 3.70. The number of carbonyl (C=O) groups is 3. The van der Waals surface area contributed by atoms with Crippen molar-refractivity contribution in [1.29, 1.82) is 0 Å². The molecular formula is C13H18N2O7. The molecule has 0 aromatic rings. The Kier molecular flexibility index (Phi) is 4.91. The molecule has 0 spiro atoms. The van der Waals surface area contributed by atoms with E-state index in [2.05, 4.69) is 5.32 Å². The van der Waals surface area contributed by atoms with Crippen LogP contribution in [0.2, 0.25) is 0 Å². The number of nitrogens with zero attached hydrogens (tertiary/aromatic N) is 1. The molecule has 0 bridgehead atoms. The van der Waals surface area contributed by atoms with Crippen LogP contribution in [0, 0.1) is 0 Å². The maximum Gasteiger partial charge on any atom is 0.254 e. The van der Waals surface area contributed by atoms with E-state index in [-0.39, 0.29) is 0 Å². The molecule has 2 aliphatic heterocycles. The second-order valence-electron chi connectivity index (χ2n) is 5.23. The summed E-state index contributed by atoms with van der Waals surface area (Å²) in [6.45, 7) is 0.613. The van der Waals surface area contributed by atoms with Crippen LogP contribution in [0.5, 0.6) is 0 Å². The van der Waals surface area contributed by atoms with E-state index in [1.807, 2.05) is 0 Å². The molecule has 0 saturated carbocycles. The van der Waals surface area contributed by atoms with Crippen LogP contribution in [0.25, 0.3) is 0 Å². The van der Waals surface area contributed by atoms with Gasteiger partial charge in [0.2, 0.25) is 5.91 Å². The van der Waals surface area contributed by atoms with Gasteiger partial charge in [-0.15, -0.1) is 0 Å². The van der Waals surface area contributed by atoms with Crippen molar-refractivity contribution in [3.63, 3.8) is 0 Å². The molecule has 4 N–H and O–H groups in total. The molecule has 5 unspecified atom stereocenters. The summed E-state index contributed by atoms with van der Waals surface area (Å²) in [5.74, 6) is -1.84.